The normalized spacial score (nSPS) is 30.3. The second-order valence-corrected chi connectivity index (χ2v) is 3.74. The lowest BCUT2D eigenvalue weighted by atomic mass is 10.4. The number of carbonyl (C=O) groups excluding carboxylic acids is 3. The van der Waals surface area contributed by atoms with Crippen molar-refractivity contribution in [2.24, 2.45) is 0 Å². The average molecular weight is 212 g/mol. The largest absolute Gasteiger partial charge is 0.329 e. The fourth-order valence-corrected chi connectivity index (χ4v) is 2.18. The third kappa shape index (κ3) is 0.971. The van der Waals surface area contributed by atoms with Crippen molar-refractivity contribution in [3.8, 4) is 0 Å². The van der Waals surface area contributed by atoms with Crippen LogP contribution in [0.1, 0.15) is 0 Å². The Morgan fingerprint density at radius 2 is 1.40 bits per heavy atom. The van der Waals surface area contributed by atoms with Gasteiger partial charge in [-0.2, -0.15) is 0 Å². The van der Waals surface area contributed by atoms with Crippen LogP contribution in [0, 0.1) is 0 Å². The van der Waals surface area contributed by atoms with Crippen molar-refractivity contribution in [2.75, 3.05) is 21.1 Å². The Hall–Kier alpha value is -1.79. The molecule has 0 saturated carbocycles. The van der Waals surface area contributed by atoms with Crippen LogP contribution in [0.5, 0.6) is 0 Å². The van der Waals surface area contributed by atoms with Crippen molar-refractivity contribution in [3.63, 3.8) is 0 Å². The minimum Gasteiger partial charge on any atom is -0.303 e. The van der Waals surface area contributed by atoms with Gasteiger partial charge in [0.1, 0.15) is 6.17 Å². The summed E-state index contributed by atoms with van der Waals surface area (Å²) in [5.41, 5.74) is 0. The number of urea groups is 2. The topological polar surface area (TPSA) is 64.2 Å². The Morgan fingerprint density at radius 3 is 1.93 bits per heavy atom. The number of carbonyl (C=O) groups is 3. The van der Waals surface area contributed by atoms with Crippen LogP contribution in [0.2, 0.25) is 0 Å². The van der Waals surface area contributed by atoms with Crippen LogP contribution in [-0.2, 0) is 4.79 Å². The van der Waals surface area contributed by atoms with E-state index in [2.05, 4.69) is 0 Å². The van der Waals surface area contributed by atoms with Gasteiger partial charge in [0.2, 0.25) is 6.41 Å². The third-order valence-corrected chi connectivity index (χ3v) is 2.98. The highest BCUT2D eigenvalue weighted by molar-refractivity contribution is 5.91. The van der Waals surface area contributed by atoms with Crippen LogP contribution in [0.3, 0.4) is 0 Å². The minimum atomic E-state index is -0.516. The van der Waals surface area contributed by atoms with Crippen molar-refractivity contribution in [1.82, 2.24) is 19.6 Å². The van der Waals surface area contributed by atoms with Crippen molar-refractivity contribution in [2.45, 2.75) is 12.3 Å². The van der Waals surface area contributed by atoms with Crippen LogP contribution in [0.25, 0.3) is 0 Å². The van der Waals surface area contributed by atoms with Gasteiger partial charge in [-0.05, 0) is 0 Å². The van der Waals surface area contributed by atoms with Crippen molar-refractivity contribution in [3.05, 3.63) is 0 Å². The molecule has 0 bridgehead atoms. The molecule has 2 atom stereocenters. The lowest BCUT2D eigenvalue weighted by Crippen LogP contribution is -2.43. The van der Waals surface area contributed by atoms with Crippen LogP contribution < -0.4 is 0 Å². The van der Waals surface area contributed by atoms with E-state index in [0.29, 0.717) is 6.41 Å². The molecule has 2 heterocycles. The number of amides is 5. The molecule has 0 radical (unpaired) electrons. The molecule has 0 aromatic heterocycles. The summed E-state index contributed by atoms with van der Waals surface area (Å²) in [4.78, 5) is 39.3. The number of imide groups is 1. The van der Waals surface area contributed by atoms with Gasteiger partial charge in [-0.3, -0.25) is 4.79 Å². The van der Waals surface area contributed by atoms with E-state index in [0.717, 1.165) is 4.90 Å². The standard InChI is InChI=1S/C8H12N4O3/c1-9-5-6(11(3)7(9)14)12(4-13)8(15)10(5)2/h4-6H,1-3H3. The molecule has 0 aliphatic carbocycles. The minimum absolute atomic E-state index is 0.198. The summed E-state index contributed by atoms with van der Waals surface area (Å²) in [6.07, 6.45) is -0.440. The zero-order chi connectivity index (χ0) is 11.3. The zero-order valence-corrected chi connectivity index (χ0v) is 8.75. The molecule has 5 amide bonds. The predicted octanol–water partition coefficient (Wildman–Crippen LogP) is -0.840. The van der Waals surface area contributed by atoms with E-state index in [1.165, 1.54) is 14.7 Å². The Morgan fingerprint density at radius 1 is 0.933 bits per heavy atom. The highest BCUT2D eigenvalue weighted by atomic mass is 16.2. The molecule has 7 heteroatoms. The molecule has 2 aliphatic rings. The van der Waals surface area contributed by atoms with Gasteiger partial charge in [-0.1, -0.05) is 0 Å². The highest BCUT2D eigenvalue weighted by Crippen LogP contribution is 2.30. The molecule has 0 aromatic rings. The van der Waals surface area contributed by atoms with E-state index in [4.69, 9.17) is 0 Å². The number of fused-ring (bicyclic) bond motifs is 1. The molecule has 7 nitrogen and oxygen atoms in total. The molecule has 2 unspecified atom stereocenters. The van der Waals surface area contributed by atoms with Gasteiger partial charge >= 0.3 is 12.1 Å². The predicted molar refractivity (Wildman–Crippen MR) is 49.6 cm³/mol. The first-order valence-electron chi connectivity index (χ1n) is 4.50. The van der Waals surface area contributed by atoms with Crippen LogP contribution >= 0.6 is 0 Å². The molecule has 0 N–H and O–H groups in total. The molecule has 2 fully saturated rings. The van der Waals surface area contributed by atoms with Crippen molar-refractivity contribution in [1.29, 1.82) is 0 Å². The van der Waals surface area contributed by atoms with Gasteiger partial charge in [-0.25, -0.2) is 14.5 Å². The van der Waals surface area contributed by atoms with E-state index in [1.54, 1.807) is 21.1 Å². The fraction of sp³-hybridized carbons (Fsp3) is 0.625. The van der Waals surface area contributed by atoms with Crippen LogP contribution in [-0.4, -0.2) is 71.5 Å². The van der Waals surface area contributed by atoms with Crippen molar-refractivity contribution >= 4 is 18.5 Å². The number of likely N-dealkylation sites (N-methyl/N-ethyl adjacent to an activating group) is 3. The first-order chi connectivity index (χ1) is 7.00. The molecule has 15 heavy (non-hydrogen) atoms. The summed E-state index contributed by atoms with van der Waals surface area (Å²) in [5.74, 6) is 0. The Labute approximate surface area is 86.8 Å². The van der Waals surface area contributed by atoms with E-state index >= 15 is 0 Å². The van der Waals surface area contributed by atoms with E-state index in [9.17, 15) is 14.4 Å². The maximum Gasteiger partial charge on any atom is 0.329 e. The Bertz CT molecular complexity index is 345. The summed E-state index contributed by atoms with van der Waals surface area (Å²) in [6, 6.07) is -0.581. The van der Waals surface area contributed by atoms with Crippen LogP contribution in [0.15, 0.2) is 0 Å². The van der Waals surface area contributed by atoms with Gasteiger partial charge in [0.25, 0.3) is 0 Å². The SMILES string of the molecule is CN1C(=O)N(C)C2C1N(C)C(=O)N2C=O. The molecule has 0 aromatic carbocycles. The highest BCUT2D eigenvalue weighted by Gasteiger charge is 2.55. The van der Waals surface area contributed by atoms with Gasteiger partial charge in [0.15, 0.2) is 6.17 Å². The number of hydrogen-bond donors (Lipinski definition) is 0. The smallest absolute Gasteiger partial charge is 0.303 e. The summed E-state index contributed by atoms with van der Waals surface area (Å²) < 4.78 is 0. The molecule has 0 spiro atoms. The van der Waals surface area contributed by atoms with Gasteiger partial charge in [0, 0.05) is 21.1 Å². The Balaban J connectivity index is 2.42. The second-order valence-electron chi connectivity index (χ2n) is 3.74. The molecule has 2 rings (SSSR count). The summed E-state index contributed by atoms with van der Waals surface area (Å²) >= 11 is 0. The third-order valence-electron chi connectivity index (χ3n) is 2.98. The van der Waals surface area contributed by atoms with Gasteiger partial charge in [-0.15, -0.1) is 0 Å². The first-order valence-corrected chi connectivity index (χ1v) is 4.50. The molecule has 2 aliphatic heterocycles. The molecule has 2 saturated heterocycles. The summed E-state index contributed by atoms with van der Waals surface area (Å²) in [6.45, 7) is 0. The van der Waals surface area contributed by atoms with Gasteiger partial charge in [0.05, 0.1) is 0 Å². The second kappa shape index (κ2) is 2.85. The lowest BCUT2D eigenvalue weighted by Gasteiger charge is -2.22. The summed E-state index contributed by atoms with van der Waals surface area (Å²) in [7, 11) is 4.76. The van der Waals surface area contributed by atoms with Crippen molar-refractivity contribution < 1.29 is 14.4 Å². The monoisotopic (exact) mass is 212 g/mol. The molecule has 82 valence electrons. The van der Waals surface area contributed by atoms with Gasteiger partial charge < -0.3 is 14.7 Å². The lowest BCUT2D eigenvalue weighted by molar-refractivity contribution is -0.117. The number of rotatable bonds is 1. The summed E-state index contributed by atoms with van der Waals surface area (Å²) in [5, 5.41) is 0. The van der Waals surface area contributed by atoms with E-state index in [-0.39, 0.29) is 18.2 Å². The maximum absolute atomic E-state index is 11.6. The molecular weight excluding hydrogens is 200 g/mol. The fourth-order valence-electron chi connectivity index (χ4n) is 2.18. The number of nitrogens with zero attached hydrogens (tertiary/aromatic N) is 4. The Kier molecular flexibility index (Phi) is 1.85. The molecular formula is C8H12N4O3. The zero-order valence-electron chi connectivity index (χ0n) is 8.75. The number of hydrogen-bond acceptors (Lipinski definition) is 3. The average Bonchev–Trinajstić information content (AvgIpc) is 2.59. The van der Waals surface area contributed by atoms with E-state index < -0.39 is 6.17 Å². The maximum atomic E-state index is 11.6. The quantitative estimate of drug-likeness (QED) is 0.532. The van der Waals surface area contributed by atoms with E-state index in [1.807, 2.05) is 0 Å². The van der Waals surface area contributed by atoms with Crippen LogP contribution in [0.4, 0.5) is 9.59 Å². The first kappa shape index (κ1) is 9.75.